The van der Waals surface area contributed by atoms with E-state index in [1.165, 1.54) is 12.4 Å². The van der Waals surface area contributed by atoms with Crippen LogP contribution < -0.4 is 0 Å². The zero-order chi connectivity index (χ0) is 19.0. The summed E-state index contributed by atoms with van der Waals surface area (Å²) in [6.45, 7) is 3.75. The van der Waals surface area contributed by atoms with Crippen molar-refractivity contribution in [3.63, 3.8) is 0 Å². The van der Waals surface area contributed by atoms with Crippen molar-refractivity contribution in [1.82, 2.24) is 19.8 Å². The van der Waals surface area contributed by atoms with Gasteiger partial charge in [-0.15, -0.1) is 0 Å². The molecule has 4 heterocycles. The maximum Gasteiger partial charge on any atom is 0.274 e. The number of piperidine rings is 1. The molecule has 0 unspecified atom stereocenters. The van der Waals surface area contributed by atoms with Crippen LogP contribution in [0.3, 0.4) is 0 Å². The van der Waals surface area contributed by atoms with E-state index in [0.29, 0.717) is 35.9 Å². The molecule has 0 aliphatic carbocycles. The highest BCUT2D eigenvalue weighted by Crippen LogP contribution is 2.30. The van der Waals surface area contributed by atoms with Crippen molar-refractivity contribution < 1.29 is 9.59 Å². The second-order valence-corrected chi connectivity index (χ2v) is 7.73. The van der Waals surface area contributed by atoms with Crippen molar-refractivity contribution in [1.29, 1.82) is 0 Å². The zero-order valence-corrected chi connectivity index (χ0v) is 15.9. The van der Waals surface area contributed by atoms with E-state index in [0.717, 1.165) is 18.4 Å². The molecule has 140 valence electrons. The smallest absolute Gasteiger partial charge is 0.274 e. The Bertz CT molecular complexity index is 874. The van der Waals surface area contributed by atoms with Gasteiger partial charge in [-0.3, -0.25) is 14.6 Å². The Balaban J connectivity index is 1.55. The lowest BCUT2D eigenvalue weighted by Crippen LogP contribution is -2.47. The highest BCUT2D eigenvalue weighted by molar-refractivity contribution is 6.31. The van der Waals surface area contributed by atoms with Gasteiger partial charge in [0.1, 0.15) is 5.69 Å². The van der Waals surface area contributed by atoms with Gasteiger partial charge in [0.05, 0.1) is 6.20 Å². The molecule has 7 heteroatoms. The molecule has 2 atom stereocenters. The number of benzene rings is 1. The van der Waals surface area contributed by atoms with E-state index in [2.05, 4.69) is 9.97 Å². The Kier molecular flexibility index (Phi) is 4.83. The molecule has 6 nitrogen and oxygen atoms in total. The molecular weight excluding hydrogens is 364 g/mol. The van der Waals surface area contributed by atoms with Crippen LogP contribution in [0.4, 0.5) is 0 Å². The molecule has 1 aromatic carbocycles. The first-order valence-corrected chi connectivity index (χ1v) is 9.53. The van der Waals surface area contributed by atoms with E-state index in [1.54, 1.807) is 12.3 Å². The molecule has 0 saturated carbocycles. The van der Waals surface area contributed by atoms with Crippen LogP contribution in [-0.4, -0.2) is 57.3 Å². The minimum atomic E-state index is -0.118. The van der Waals surface area contributed by atoms with Crippen LogP contribution in [0.25, 0.3) is 0 Å². The lowest BCUT2D eigenvalue weighted by molar-refractivity contribution is 0.0574. The number of aromatic nitrogens is 2. The van der Waals surface area contributed by atoms with Gasteiger partial charge in [-0.05, 0) is 43.4 Å². The Morgan fingerprint density at radius 2 is 1.96 bits per heavy atom. The van der Waals surface area contributed by atoms with Crippen molar-refractivity contribution in [2.75, 3.05) is 19.6 Å². The van der Waals surface area contributed by atoms with Gasteiger partial charge in [0.25, 0.3) is 11.8 Å². The summed E-state index contributed by atoms with van der Waals surface area (Å²) in [5, 5.41) is 0.597. The van der Waals surface area contributed by atoms with Gasteiger partial charge < -0.3 is 9.80 Å². The van der Waals surface area contributed by atoms with Crippen LogP contribution in [0.15, 0.2) is 36.8 Å². The summed E-state index contributed by atoms with van der Waals surface area (Å²) < 4.78 is 0. The third-order valence-electron chi connectivity index (χ3n) is 5.46. The van der Waals surface area contributed by atoms with Crippen LogP contribution in [0.2, 0.25) is 5.02 Å². The van der Waals surface area contributed by atoms with Crippen LogP contribution in [0.5, 0.6) is 0 Å². The van der Waals surface area contributed by atoms with Crippen molar-refractivity contribution >= 4 is 23.4 Å². The molecule has 0 radical (unpaired) electrons. The van der Waals surface area contributed by atoms with Crippen LogP contribution in [0.1, 0.15) is 39.3 Å². The SMILES string of the molecule is Cc1ccc(C(=O)N2C[C@H]3CC[C@@H]2CN(C(=O)c2cnccn2)C3)cc1Cl. The summed E-state index contributed by atoms with van der Waals surface area (Å²) in [6, 6.07) is 5.44. The predicted molar refractivity (Wildman–Crippen MR) is 102 cm³/mol. The molecule has 3 aliphatic rings. The minimum Gasteiger partial charge on any atom is -0.335 e. The first-order chi connectivity index (χ1) is 13.0. The molecule has 0 spiro atoms. The number of nitrogens with zero attached hydrogens (tertiary/aromatic N) is 4. The fourth-order valence-corrected chi connectivity index (χ4v) is 4.14. The summed E-state index contributed by atoms with van der Waals surface area (Å²) in [4.78, 5) is 37.7. The maximum atomic E-state index is 13.1. The third-order valence-corrected chi connectivity index (χ3v) is 5.87. The molecule has 0 N–H and O–H groups in total. The molecule has 2 amide bonds. The minimum absolute atomic E-state index is 0.0111. The summed E-state index contributed by atoms with van der Waals surface area (Å²) in [5.74, 6) is 0.141. The van der Waals surface area contributed by atoms with Gasteiger partial charge in [0.15, 0.2) is 0 Å². The maximum absolute atomic E-state index is 13.1. The first kappa shape index (κ1) is 17.9. The van der Waals surface area contributed by atoms with Crippen LogP contribution in [0, 0.1) is 12.8 Å². The van der Waals surface area contributed by atoms with Gasteiger partial charge in [-0.1, -0.05) is 17.7 Å². The third kappa shape index (κ3) is 3.54. The highest BCUT2D eigenvalue weighted by Gasteiger charge is 2.39. The lowest BCUT2D eigenvalue weighted by Gasteiger charge is -2.36. The number of hydrogen-bond acceptors (Lipinski definition) is 4. The van der Waals surface area contributed by atoms with Crippen molar-refractivity contribution in [2.24, 2.45) is 5.92 Å². The number of fused-ring (bicyclic) bond motifs is 4. The molecular formula is C20H21ClN4O2. The predicted octanol–water partition coefficient (Wildman–Crippen LogP) is 2.82. The molecule has 27 heavy (non-hydrogen) atoms. The van der Waals surface area contributed by atoms with Gasteiger partial charge in [0.2, 0.25) is 0 Å². The Labute approximate surface area is 163 Å². The fraction of sp³-hybridized carbons (Fsp3) is 0.400. The molecule has 5 rings (SSSR count). The van der Waals surface area contributed by atoms with E-state index >= 15 is 0 Å². The van der Waals surface area contributed by atoms with Gasteiger partial charge in [0, 0.05) is 48.7 Å². The molecule has 2 bridgehead atoms. The van der Waals surface area contributed by atoms with Crippen molar-refractivity contribution in [3.8, 4) is 0 Å². The second kappa shape index (κ2) is 7.27. The molecule has 3 aliphatic heterocycles. The monoisotopic (exact) mass is 384 g/mol. The molecule has 2 aromatic rings. The Hall–Kier alpha value is -2.47. The number of amides is 2. The fourth-order valence-electron chi connectivity index (χ4n) is 3.96. The van der Waals surface area contributed by atoms with Crippen molar-refractivity contribution in [2.45, 2.75) is 25.8 Å². The average Bonchev–Trinajstić information content (AvgIpc) is 3.01. The summed E-state index contributed by atoms with van der Waals surface area (Å²) >= 11 is 6.20. The standard InChI is InChI=1S/C20H21ClN4O2/c1-13-2-4-15(8-17(13)21)19(26)25-11-14-3-5-16(25)12-24(10-14)20(27)18-9-22-6-7-23-18/h2,4,6-9,14,16H,3,5,10-12H2,1H3/t14-,16+/m0/s1. The van der Waals surface area contributed by atoms with E-state index in [9.17, 15) is 9.59 Å². The average molecular weight is 385 g/mol. The van der Waals surface area contributed by atoms with Gasteiger partial charge in [-0.25, -0.2) is 4.98 Å². The first-order valence-electron chi connectivity index (χ1n) is 9.15. The molecule has 3 saturated heterocycles. The van der Waals surface area contributed by atoms with E-state index in [4.69, 9.17) is 11.6 Å². The number of rotatable bonds is 2. The summed E-state index contributed by atoms with van der Waals surface area (Å²) in [5.41, 5.74) is 1.90. The summed E-state index contributed by atoms with van der Waals surface area (Å²) in [6.07, 6.45) is 6.49. The van der Waals surface area contributed by atoms with Crippen LogP contribution >= 0.6 is 11.6 Å². The molecule has 1 aromatic heterocycles. The number of aryl methyl sites for hydroxylation is 1. The summed E-state index contributed by atoms with van der Waals surface area (Å²) in [7, 11) is 0. The molecule has 3 fully saturated rings. The lowest BCUT2D eigenvalue weighted by atomic mass is 9.94. The number of carbonyl (C=O) groups excluding carboxylic acids is 2. The number of carbonyl (C=O) groups is 2. The van der Waals surface area contributed by atoms with Crippen LogP contribution in [-0.2, 0) is 0 Å². The quantitative estimate of drug-likeness (QED) is 0.798. The number of halogens is 1. The normalized spacial score (nSPS) is 21.9. The Morgan fingerprint density at radius 3 is 2.70 bits per heavy atom. The number of hydrogen-bond donors (Lipinski definition) is 0. The largest absolute Gasteiger partial charge is 0.335 e. The van der Waals surface area contributed by atoms with E-state index < -0.39 is 0 Å². The Morgan fingerprint density at radius 1 is 1.11 bits per heavy atom. The topological polar surface area (TPSA) is 66.4 Å². The van der Waals surface area contributed by atoms with E-state index in [-0.39, 0.29) is 23.8 Å². The zero-order valence-electron chi connectivity index (χ0n) is 15.1. The van der Waals surface area contributed by atoms with Gasteiger partial charge in [-0.2, -0.15) is 0 Å². The van der Waals surface area contributed by atoms with Crippen molar-refractivity contribution in [3.05, 3.63) is 58.6 Å². The van der Waals surface area contributed by atoms with Gasteiger partial charge >= 0.3 is 0 Å². The second-order valence-electron chi connectivity index (χ2n) is 7.32. The van der Waals surface area contributed by atoms with E-state index in [1.807, 2.05) is 28.9 Å². The highest BCUT2D eigenvalue weighted by atomic mass is 35.5.